The molecule has 0 saturated heterocycles. The summed E-state index contributed by atoms with van der Waals surface area (Å²) in [5, 5.41) is 0.144. The molecule has 1 aliphatic rings. The first-order chi connectivity index (χ1) is 12.7. The zero-order chi connectivity index (χ0) is 18.4. The number of nitrogens with zero attached hydrogens (tertiary/aromatic N) is 1. The van der Waals surface area contributed by atoms with Gasteiger partial charge in [0.1, 0.15) is 5.82 Å². The molecule has 0 bridgehead atoms. The second kappa shape index (κ2) is 9.32. The first-order valence-corrected chi connectivity index (χ1v) is 10.1. The van der Waals surface area contributed by atoms with Gasteiger partial charge < -0.3 is 0 Å². The smallest absolute Gasteiger partial charge is 0.142 e. The lowest BCUT2D eigenvalue weighted by molar-refractivity contribution is 0.296. The minimum absolute atomic E-state index is 0.144. The Morgan fingerprint density at radius 3 is 2.62 bits per heavy atom. The summed E-state index contributed by atoms with van der Waals surface area (Å²) in [5.74, 6) is 1.23. The van der Waals surface area contributed by atoms with E-state index in [4.69, 9.17) is 11.6 Å². The fraction of sp³-hybridized carbons (Fsp3) is 0.435. The highest BCUT2D eigenvalue weighted by Gasteiger charge is 2.19. The molecule has 0 amide bonds. The third-order valence-corrected chi connectivity index (χ3v) is 5.72. The number of hydrogen-bond acceptors (Lipinski definition) is 1. The Morgan fingerprint density at radius 2 is 1.96 bits per heavy atom. The molecular weight excluding hydrogens is 345 g/mol. The minimum atomic E-state index is -0.403. The van der Waals surface area contributed by atoms with E-state index in [1.54, 1.807) is 12.1 Å². The number of allylic oxidation sites excluding steroid dienone is 2. The van der Waals surface area contributed by atoms with Crippen LogP contribution in [0.2, 0.25) is 5.02 Å². The van der Waals surface area contributed by atoms with Gasteiger partial charge in [0, 0.05) is 11.8 Å². The van der Waals surface area contributed by atoms with Crippen molar-refractivity contribution in [1.29, 1.82) is 0 Å². The predicted molar refractivity (Wildman–Crippen MR) is 108 cm³/mol. The van der Waals surface area contributed by atoms with Crippen molar-refractivity contribution in [2.75, 3.05) is 0 Å². The van der Waals surface area contributed by atoms with E-state index < -0.39 is 5.82 Å². The highest BCUT2D eigenvalue weighted by molar-refractivity contribution is 6.30. The topological polar surface area (TPSA) is 12.9 Å². The Labute approximate surface area is 161 Å². The van der Waals surface area contributed by atoms with Gasteiger partial charge in [-0.25, -0.2) is 4.39 Å². The van der Waals surface area contributed by atoms with Gasteiger partial charge >= 0.3 is 0 Å². The van der Waals surface area contributed by atoms with Crippen LogP contribution in [-0.4, -0.2) is 4.98 Å². The van der Waals surface area contributed by atoms with Crippen LogP contribution in [0.25, 0.3) is 11.3 Å². The van der Waals surface area contributed by atoms with Crippen molar-refractivity contribution in [3.63, 3.8) is 0 Å². The summed E-state index contributed by atoms with van der Waals surface area (Å²) in [5.41, 5.74) is 2.81. The first-order valence-electron chi connectivity index (χ1n) is 9.72. The number of halogens is 2. The molecule has 0 aliphatic heterocycles. The number of pyridine rings is 1. The molecule has 26 heavy (non-hydrogen) atoms. The maximum Gasteiger partial charge on any atom is 0.142 e. The average Bonchev–Trinajstić information content (AvgIpc) is 2.68. The molecule has 1 heterocycles. The second-order valence-electron chi connectivity index (χ2n) is 7.34. The summed E-state index contributed by atoms with van der Waals surface area (Å²) in [7, 11) is 0. The van der Waals surface area contributed by atoms with Crippen LogP contribution in [-0.2, 0) is 6.42 Å². The molecule has 2 aromatic rings. The van der Waals surface area contributed by atoms with Crippen LogP contribution in [0.5, 0.6) is 0 Å². The van der Waals surface area contributed by atoms with E-state index in [-0.39, 0.29) is 5.02 Å². The normalized spacial score (nSPS) is 20.6. The SMILES string of the molecule is CCC=C[C@H]1CC[C@H](CCc2ccc(-c3ccc(Cl)c(F)c3)nc2)CC1. The van der Waals surface area contributed by atoms with Gasteiger partial charge in [0.2, 0.25) is 0 Å². The Hall–Kier alpha value is -1.67. The van der Waals surface area contributed by atoms with Crippen LogP contribution >= 0.6 is 11.6 Å². The predicted octanol–water partition coefficient (Wildman–Crippen LogP) is 7.25. The van der Waals surface area contributed by atoms with Crippen LogP contribution in [0.15, 0.2) is 48.7 Å². The number of aromatic nitrogens is 1. The van der Waals surface area contributed by atoms with Crippen LogP contribution in [0, 0.1) is 17.7 Å². The van der Waals surface area contributed by atoms with Crippen LogP contribution in [0.1, 0.15) is 51.0 Å². The van der Waals surface area contributed by atoms with Crippen molar-refractivity contribution in [3.05, 3.63) is 65.1 Å². The van der Waals surface area contributed by atoms with Crippen LogP contribution in [0.3, 0.4) is 0 Å². The van der Waals surface area contributed by atoms with Crippen molar-refractivity contribution < 1.29 is 4.39 Å². The third-order valence-electron chi connectivity index (χ3n) is 5.42. The molecule has 1 nitrogen and oxygen atoms in total. The van der Waals surface area contributed by atoms with Gasteiger partial charge in [-0.3, -0.25) is 4.98 Å². The van der Waals surface area contributed by atoms with Gasteiger partial charge in [-0.05, 0) is 80.5 Å². The van der Waals surface area contributed by atoms with Crippen molar-refractivity contribution in [3.8, 4) is 11.3 Å². The average molecular weight is 372 g/mol. The molecule has 1 aliphatic carbocycles. The molecule has 0 radical (unpaired) electrons. The van der Waals surface area contributed by atoms with E-state index in [2.05, 4.69) is 30.1 Å². The van der Waals surface area contributed by atoms with Gasteiger partial charge in [0.15, 0.2) is 0 Å². The maximum absolute atomic E-state index is 13.6. The van der Waals surface area contributed by atoms with E-state index in [9.17, 15) is 4.39 Å². The van der Waals surface area contributed by atoms with Crippen molar-refractivity contribution in [2.45, 2.75) is 51.9 Å². The Morgan fingerprint density at radius 1 is 1.15 bits per heavy atom. The van der Waals surface area contributed by atoms with E-state index in [1.165, 1.54) is 43.7 Å². The fourth-order valence-electron chi connectivity index (χ4n) is 3.77. The third kappa shape index (κ3) is 5.17. The highest BCUT2D eigenvalue weighted by Crippen LogP contribution is 2.32. The van der Waals surface area contributed by atoms with Crippen LogP contribution in [0.4, 0.5) is 4.39 Å². The largest absolute Gasteiger partial charge is 0.256 e. The zero-order valence-corrected chi connectivity index (χ0v) is 16.2. The molecule has 138 valence electrons. The molecule has 0 spiro atoms. The summed E-state index contributed by atoms with van der Waals surface area (Å²) in [4.78, 5) is 4.51. The van der Waals surface area contributed by atoms with E-state index >= 15 is 0 Å². The lowest BCUT2D eigenvalue weighted by Gasteiger charge is -2.26. The maximum atomic E-state index is 13.6. The first kappa shape index (κ1) is 19.1. The highest BCUT2D eigenvalue weighted by atomic mass is 35.5. The summed E-state index contributed by atoms with van der Waals surface area (Å²) in [6.07, 6.45) is 15.5. The number of hydrogen-bond donors (Lipinski definition) is 0. The van der Waals surface area contributed by atoms with Crippen molar-refractivity contribution >= 4 is 11.6 Å². The Bertz CT molecular complexity index is 730. The zero-order valence-electron chi connectivity index (χ0n) is 15.4. The van der Waals surface area contributed by atoms with E-state index in [0.29, 0.717) is 0 Å². The van der Waals surface area contributed by atoms with Crippen LogP contribution < -0.4 is 0 Å². The number of aryl methyl sites for hydroxylation is 1. The van der Waals surface area contributed by atoms with Gasteiger partial charge in [-0.15, -0.1) is 0 Å². The van der Waals surface area contributed by atoms with Crippen molar-refractivity contribution in [1.82, 2.24) is 4.98 Å². The Kier molecular flexibility index (Phi) is 6.85. The molecule has 3 rings (SSSR count). The molecule has 0 N–H and O–H groups in total. The minimum Gasteiger partial charge on any atom is -0.256 e. The molecule has 0 atom stereocenters. The quantitative estimate of drug-likeness (QED) is 0.487. The standard InChI is InChI=1S/C23H27ClFN/c1-2-3-4-17-5-7-18(8-6-17)9-10-19-11-14-23(26-16-19)20-12-13-21(24)22(25)15-20/h3-4,11-18H,2,5-10H2,1H3/t17-,18-. The molecule has 1 aromatic carbocycles. The van der Waals surface area contributed by atoms with Crippen molar-refractivity contribution in [2.24, 2.45) is 11.8 Å². The lowest BCUT2D eigenvalue weighted by Crippen LogP contribution is -2.13. The fourth-order valence-corrected chi connectivity index (χ4v) is 3.88. The number of benzene rings is 1. The molecule has 3 heteroatoms. The monoisotopic (exact) mass is 371 g/mol. The summed E-state index contributed by atoms with van der Waals surface area (Å²) < 4.78 is 13.6. The lowest BCUT2D eigenvalue weighted by atomic mass is 9.79. The summed E-state index contributed by atoms with van der Waals surface area (Å²) >= 11 is 5.74. The summed E-state index contributed by atoms with van der Waals surface area (Å²) in [6, 6.07) is 8.91. The van der Waals surface area contributed by atoms with Gasteiger partial charge in [0.25, 0.3) is 0 Å². The van der Waals surface area contributed by atoms with E-state index in [0.717, 1.165) is 35.9 Å². The molecule has 1 aromatic heterocycles. The second-order valence-corrected chi connectivity index (χ2v) is 7.74. The molecule has 0 unspecified atom stereocenters. The van der Waals surface area contributed by atoms with Gasteiger partial charge in [0.05, 0.1) is 10.7 Å². The van der Waals surface area contributed by atoms with E-state index in [1.807, 2.05) is 12.3 Å². The molecule has 1 saturated carbocycles. The Balaban J connectivity index is 1.50. The molecular formula is C23H27ClFN. The molecule has 1 fully saturated rings. The number of rotatable bonds is 6. The van der Waals surface area contributed by atoms with Gasteiger partial charge in [-0.2, -0.15) is 0 Å². The summed E-state index contributed by atoms with van der Waals surface area (Å²) in [6.45, 7) is 2.20. The van der Waals surface area contributed by atoms with Gasteiger partial charge in [-0.1, -0.05) is 42.8 Å².